The highest BCUT2D eigenvalue weighted by atomic mass is 79.9. The van der Waals surface area contributed by atoms with Crippen molar-refractivity contribution in [3.63, 3.8) is 0 Å². The zero-order chi connectivity index (χ0) is 14.8. The number of benzene rings is 1. The van der Waals surface area contributed by atoms with Crippen LogP contribution >= 0.6 is 28.3 Å². The van der Waals surface area contributed by atoms with Gasteiger partial charge < -0.3 is 5.32 Å². The number of rotatable bonds is 5. The van der Waals surface area contributed by atoms with Gasteiger partial charge in [0.05, 0.1) is 4.90 Å². The van der Waals surface area contributed by atoms with Crippen molar-refractivity contribution >= 4 is 38.4 Å². The molecule has 120 valence electrons. The second-order valence-electron chi connectivity index (χ2n) is 5.41. The minimum atomic E-state index is -3.41. The number of aryl methyl sites for hydroxylation is 2. The Balaban J connectivity index is 0.00000220. The van der Waals surface area contributed by atoms with Gasteiger partial charge in [-0.05, 0) is 69.0 Å². The van der Waals surface area contributed by atoms with Crippen LogP contribution in [0.4, 0.5) is 0 Å². The second kappa shape index (κ2) is 7.92. The maximum absolute atomic E-state index is 12.3. The van der Waals surface area contributed by atoms with E-state index in [2.05, 4.69) is 26.0 Å². The maximum Gasteiger partial charge on any atom is 0.240 e. The zero-order valence-corrected chi connectivity index (χ0v) is 15.5. The smallest absolute Gasteiger partial charge is 0.240 e. The first kappa shape index (κ1) is 18.9. The average molecular weight is 398 g/mol. The van der Waals surface area contributed by atoms with Gasteiger partial charge in [0.25, 0.3) is 0 Å². The molecule has 1 unspecified atom stereocenters. The second-order valence-corrected chi connectivity index (χ2v) is 8.00. The highest BCUT2D eigenvalue weighted by Crippen LogP contribution is 2.24. The zero-order valence-electron chi connectivity index (χ0n) is 12.3. The van der Waals surface area contributed by atoms with Crippen LogP contribution in [0.5, 0.6) is 0 Å². The highest BCUT2D eigenvalue weighted by Gasteiger charge is 2.19. The van der Waals surface area contributed by atoms with E-state index in [1.165, 1.54) is 0 Å². The van der Waals surface area contributed by atoms with Crippen molar-refractivity contribution in [3.05, 3.63) is 27.7 Å². The molecule has 0 amide bonds. The molecule has 0 aromatic heterocycles. The molecule has 1 heterocycles. The van der Waals surface area contributed by atoms with E-state index in [0.717, 1.165) is 41.5 Å². The number of hydrogen-bond donors (Lipinski definition) is 2. The predicted molar refractivity (Wildman–Crippen MR) is 91.6 cm³/mol. The lowest BCUT2D eigenvalue weighted by Crippen LogP contribution is -2.27. The van der Waals surface area contributed by atoms with E-state index in [4.69, 9.17) is 0 Å². The summed E-state index contributed by atoms with van der Waals surface area (Å²) in [5, 5.41) is 3.29. The van der Waals surface area contributed by atoms with Crippen molar-refractivity contribution < 1.29 is 8.42 Å². The lowest BCUT2D eigenvalue weighted by molar-refractivity contribution is 0.519. The Morgan fingerprint density at radius 1 is 1.33 bits per heavy atom. The summed E-state index contributed by atoms with van der Waals surface area (Å²) >= 11 is 3.42. The van der Waals surface area contributed by atoms with Gasteiger partial charge in [0.15, 0.2) is 0 Å². The Morgan fingerprint density at radius 2 is 2.05 bits per heavy atom. The van der Waals surface area contributed by atoms with Gasteiger partial charge in [0.2, 0.25) is 10.0 Å². The van der Waals surface area contributed by atoms with Crippen molar-refractivity contribution in [1.82, 2.24) is 10.0 Å². The molecule has 0 bridgehead atoms. The van der Waals surface area contributed by atoms with Crippen molar-refractivity contribution in [2.45, 2.75) is 31.6 Å². The van der Waals surface area contributed by atoms with Gasteiger partial charge in [0, 0.05) is 11.0 Å². The van der Waals surface area contributed by atoms with Crippen LogP contribution in [0.3, 0.4) is 0 Å². The molecule has 0 spiro atoms. The van der Waals surface area contributed by atoms with E-state index in [9.17, 15) is 8.42 Å². The Labute approximate surface area is 141 Å². The number of sulfonamides is 1. The van der Waals surface area contributed by atoms with Gasteiger partial charge in [0.1, 0.15) is 0 Å². The molecule has 1 aliphatic rings. The Kier molecular flexibility index (Phi) is 7.13. The Hall–Kier alpha value is -0.140. The lowest BCUT2D eigenvalue weighted by Gasteiger charge is -2.13. The topological polar surface area (TPSA) is 58.2 Å². The molecule has 1 aromatic carbocycles. The van der Waals surface area contributed by atoms with Gasteiger partial charge in [-0.15, -0.1) is 12.4 Å². The van der Waals surface area contributed by atoms with Crippen LogP contribution < -0.4 is 10.0 Å². The minimum absolute atomic E-state index is 0. The number of nitrogens with one attached hydrogen (secondary N) is 2. The highest BCUT2D eigenvalue weighted by molar-refractivity contribution is 9.10. The summed E-state index contributed by atoms with van der Waals surface area (Å²) in [6.07, 6.45) is 2.03. The number of halogens is 2. The van der Waals surface area contributed by atoms with E-state index < -0.39 is 10.0 Å². The first-order chi connectivity index (χ1) is 9.40. The van der Waals surface area contributed by atoms with Crippen LogP contribution in [-0.4, -0.2) is 28.1 Å². The summed E-state index contributed by atoms with van der Waals surface area (Å²) < 4.78 is 28.4. The largest absolute Gasteiger partial charge is 0.316 e. The summed E-state index contributed by atoms with van der Waals surface area (Å²) in [4.78, 5) is 0.378. The van der Waals surface area contributed by atoms with E-state index >= 15 is 0 Å². The average Bonchev–Trinajstić information content (AvgIpc) is 2.86. The first-order valence-corrected chi connectivity index (χ1v) is 9.15. The molecule has 2 rings (SSSR count). The fourth-order valence-electron chi connectivity index (χ4n) is 2.48. The van der Waals surface area contributed by atoms with Gasteiger partial charge in [-0.1, -0.05) is 15.9 Å². The Bertz CT molecular complexity index is 587. The summed E-state index contributed by atoms with van der Waals surface area (Å²) in [7, 11) is -3.41. The number of hydrogen-bond acceptors (Lipinski definition) is 3. The maximum atomic E-state index is 12.3. The molecule has 0 saturated carbocycles. The molecule has 1 aliphatic heterocycles. The molecule has 1 atom stereocenters. The summed E-state index contributed by atoms with van der Waals surface area (Å²) in [6.45, 7) is 6.26. The van der Waals surface area contributed by atoms with E-state index in [1.807, 2.05) is 19.9 Å². The third-order valence-corrected chi connectivity index (χ3v) is 6.21. The summed E-state index contributed by atoms with van der Waals surface area (Å²) in [6, 6.07) is 3.57. The molecule has 7 heteroatoms. The third-order valence-electron chi connectivity index (χ3n) is 3.75. The molecule has 1 saturated heterocycles. The van der Waals surface area contributed by atoms with E-state index in [0.29, 0.717) is 17.4 Å². The molecule has 4 nitrogen and oxygen atoms in total. The normalized spacial score (nSPS) is 18.5. The van der Waals surface area contributed by atoms with E-state index in [1.54, 1.807) is 6.07 Å². The van der Waals surface area contributed by atoms with Crippen LogP contribution in [0, 0.1) is 19.8 Å². The van der Waals surface area contributed by atoms with Crippen LogP contribution in [-0.2, 0) is 10.0 Å². The predicted octanol–water partition coefficient (Wildman–Crippen LogP) is 2.77. The fourth-order valence-corrected chi connectivity index (χ4v) is 4.29. The molecule has 2 N–H and O–H groups in total. The summed E-state index contributed by atoms with van der Waals surface area (Å²) in [5.41, 5.74) is 1.69. The molecular formula is C14H22BrClN2O2S. The molecule has 1 aromatic rings. The van der Waals surface area contributed by atoms with Crippen LogP contribution in [0.1, 0.15) is 24.0 Å². The van der Waals surface area contributed by atoms with Crippen molar-refractivity contribution in [2.75, 3.05) is 19.6 Å². The van der Waals surface area contributed by atoms with Gasteiger partial charge >= 0.3 is 0 Å². The quantitative estimate of drug-likeness (QED) is 0.803. The standard InChI is InChI=1S/C14H21BrN2O2S.ClH/c1-10-8-14(11(2)7-13(10)15)20(18,19)17-6-4-12-3-5-16-9-12;/h7-8,12,16-17H,3-6,9H2,1-2H3;1H. The van der Waals surface area contributed by atoms with Crippen LogP contribution in [0.15, 0.2) is 21.5 Å². The van der Waals surface area contributed by atoms with Crippen molar-refractivity contribution in [1.29, 1.82) is 0 Å². The first-order valence-electron chi connectivity index (χ1n) is 6.87. The van der Waals surface area contributed by atoms with Crippen molar-refractivity contribution in [3.8, 4) is 0 Å². The van der Waals surface area contributed by atoms with E-state index in [-0.39, 0.29) is 12.4 Å². The molecule has 21 heavy (non-hydrogen) atoms. The fraction of sp³-hybridized carbons (Fsp3) is 0.571. The SMILES string of the molecule is Cc1cc(S(=O)(=O)NCCC2CCNC2)c(C)cc1Br.Cl. The van der Waals surface area contributed by atoms with Crippen molar-refractivity contribution in [2.24, 2.45) is 5.92 Å². The lowest BCUT2D eigenvalue weighted by atomic mass is 10.1. The molecule has 0 radical (unpaired) electrons. The van der Waals surface area contributed by atoms with Gasteiger partial charge in [-0.2, -0.15) is 0 Å². The molecular weight excluding hydrogens is 376 g/mol. The van der Waals surface area contributed by atoms with Crippen LogP contribution in [0.2, 0.25) is 0 Å². The summed E-state index contributed by atoms with van der Waals surface area (Å²) in [5.74, 6) is 0.588. The van der Waals surface area contributed by atoms with Crippen LogP contribution in [0.25, 0.3) is 0 Å². The monoisotopic (exact) mass is 396 g/mol. The molecule has 1 fully saturated rings. The minimum Gasteiger partial charge on any atom is -0.316 e. The third kappa shape index (κ3) is 4.93. The Morgan fingerprint density at radius 3 is 2.67 bits per heavy atom. The van der Waals surface area contributed by atoms with Gasteiger partial charge in [-0.3, -0.25) is 0 Å². The molecule has 0 aliphatic carbocycles. The van der Waals surface area contributed by atoms with Gasteiger partial charge in [-0.25, -0.2) is 13.1 Å².